The summed E-state index contributed by atoms with van der Waals surface area (Å²) in [6.45, 7) is 5.28. The second-order valence-corrected chi connectivity index (χ2v) is 5.51. The van der Waals surface area contributed by atoms with Crippen LogP contribution in [0.25, 0.3) is 11.2 Å². The maximum atomic E-state index is 12.0. The van der Waals surface area contributed by atoms with Crippen molar-refractivity contribution in [2.24, 2.45) is 0 Å². The number of H-pyrrole nitrogens is 1. The topological polar surface area (TPSA) is 72.7 Å². The predicted molar refractivity (Wildman–Crippen MR) is 84.1 cm³/mol. The zero-order valence-corrected chi connectivity index (χ0v) is 13.2. The van der Waals surface area contributed by atoms with Gasteiger partial charge in [0.15, 0.2) is 11.2 Å². The maximum absolute atomic E-state index is 12.0. The molecule has 7 heteroatoms. The Kier molecular flexibility index (Phi) is 5.22. The van der Waals surface area contributed by atoms with Crippen molar-refractivity contribution < 1.29 is 0 Å². The molecule has 1 N–H and O–H groups in total. The van der Waals surface area contributed by atoms with Crippen molar-refractivity contribution in [3.05, 3.63) is 26.1 Å². The van der Waals surface area contributed by atoms with Crippen molar-refractivity contribution in [2.75, 3.05) is 0 Å². The van der Waals surface area contributed by atoms with E-state index in [1.54, 1.807) is 4.57 Å². The minimum atomic E-state index is -0.423. The molecule has 2 rings (SSSR count). The van der Waals surface area contributed by atoms with Crippen LogP contribution in [0.2, 0.25) is 5.28 Å². The molecule has 2 aromatic heterocycles. The SMILES string of the molecule is CCCCCCn1c(=O)[nH]c(=O)c2c1nc(Cl)n2CCC. The predicted octanol–water partition coefficient (Wildman–Crippen LogP) is 2.53. The van der Waals surface area contributed by atoms with Gasteiger partial charge in [0.05, 0.1) is 0 Å². The van der Waals surface area contributed by atoms with E-state index in [0.29, 0.717) is 24.3 Å². The number of halogens is 1. The molecule has 21 heavy (non-hydrogen) atoms. The molecule has 0 unspecified atom stereocenters. The van der Waals surface area contributed by atoms with Crippen molar-refractivity contribution in [2.45, 2.75) is 59.0 Å². The molecule has 0 radical (unpaired) electrons. The molecule has 0 spiro atoms. The Morgan fingerprint density at radius 2 is 1.81 bits per heavy atom. The Hall–Kier alpha value is -1.56. The number of hydrogen-bond acceptors (Lipinski definition) is 3. The van der Waals surface area contributed by atoms with Crippen LogP contribution in [0.3, 0.4) is 0 Å². The smallest absolute Gasteiger partial charge is 0.309 e. The molecule has 116 valence electrons. The summed E-state index contributed by atoms with van der Waals surface area (Å²) in [7, 11) is 0. The fourth-order valence-corrected chi connectivity index (χ4v) is 2.73. The van der Waals surface area contributed by atoms with Crippen LogP contribution in [0.5, 0.6) is 0 Å². The highest BCUT2D eigenvalue weighted by Crippen LogP contribution is 2.16. The van der Waals surface area contributed by atoms with Gasteiger partial charge < -0.3 is 4.57 Å². The van der Waals surface area contributed by atoms with Gasteiger partial charge >= 0.3 is 5.69 Å². The molecule has 0 aliphatic heterocycles. The highest BCUT2D eigenvalue weighted by molar-refractivity contribution is 6.29. The number of nitrogens with one attached hydrogen (secondary N) is 1. The Morgan fingerprint density at radius 3 is 2.48 bits per heavy atom. The molecular formula is C14H21ClN4O2. The van der Waals surface area contributed by atoms with E-state index in [4.69, 9.17) is 11.6 Å². The van der Waals surface area contributed by atoms with E-state index >= 15 is 0 Å². The molecule has 0 atom stereocenters. The zero-order chi connectivity index (χ0) is 15.4. The summed E-state index contributed by atoms with van der Waals surface area (Å²) in [5.41, 5.74) is -0.0647. The largest absolute Gasteiger partial charge is 0.330 e. The Morgan fingerprint density at radius 1 is 1.05 bits per heavy atom. The second-order valence-electron chi connectivity index (χ2n) is 5.18. The number of imidazole rings is 1. The molecule has 2 heterocycles. The maximum Gasteiger partial charge on any atom is 0.330 e. The molecule has 6 nitrogen and oxygen atoms in total. The summed E-state index contributed by atoms with van der Waals surface area (Å²) in [6, 6.07) is 0. The van der Waals surface area contributed by atoms with Crippen LogP contribution in [0, 0.1) is 0 Å². The monoisotopic (exact) mass is 312 g/mol. The summed E-state index contributed by atoms with van der Waals surface area (Å²) in [5.74, 6) is 0. The van der Waals surface area contributed by atoms with Gasteiger partial charge in [-0.25, -0.2) is 4.79 Å². The number of nitrogens with zero attached hydrogens (tertiary/aromatic N) is 3. The first-order valence-corrected chi connectivity index (χ1v) is 7.86. The van der Waals surface area contributed by atoms with Gasteiger partial charge in [-0.05, 0) is 24.4 Å². The standard InChI is InChI=1S/C14H21ClN4O2/c1-3-5-6-7-9-19-11-10(12(20)17-14(19)21)18(8-4-2)13(15)16-11/h3-9H2,1-2H3,(H,17,20,21). The first kappa shape index (κ1) is 15.8. The molecule has 0 bridgehead atoms. The number of rotatable bonds is 7. The van der Waals surface area contributed by atoms with Gasteiger partial charge in [-0.1, -0.05) is 33.1 Å². The lowest BCUT2D eigenvalue weighted by Crippen LogP contribution is -2.31. The molecule has 0 aliphatic carbocycles. The lowest BCUT2D eigenvalue weighted by atomic mass is 10.2. The number of aromatic nitrogens is 4. The van der Waals surface area contributed by atoms with E-state index < -0.39 is 11.2 Å². The van der Waals surface area contributed by atoms with Crippen molar-refractivity contribution >= 4 is 22.8 Å². The summed E-state index contributed by atoms with van der Waals surface area (Å²) >= 11 is 6.11. The van der Waals surface area contributed by atoms with Crippen LogP contribution in [-0.2, 0) is 13.1 Å². The summed E-state index contributed by atoms with van der Waals surface area (Å²) in [4.78, 5) is 30.7. The zero-order valence-electron chi connectivity index (χ0n) is 12.5. The molecular weight excluding hydrogens is 292 g/mol. The van der Waals surface area contributed by atoms with Crippen molar-refractivity contribution in [3.8, 4) is 0 Å². The fourth-order valence-electron chi connectivity index (χ4n) is 2.48. The number of fused-ring (bicyclic) bond motifs is 1. The number of unbranched alkanes of at least 4 members (excludes halogenated alkanes) is 3. The highest BCUT2D eigenvalue weighted by Gasteiger charge is 2.16. The average molecular weight is 313 g/mol. The van der Waals surface area contributed by atoms with Gasteiger partial charge in [0.25, 0.3) is 5.56 Å². The summed E-state index contributed by atoms with van der Waals surface area (Å²) in [6.07, 6.45) is 5.03. The molecule has 0 saturated carbocycles. The molecule has 0 aliphatic rings. The van der Waals surface area contributed by atoms with Gasteiger partial charge in [0, 0.05) is 13.1 Å². The first-order valence-electron chi connectivity index (χ1n) is 7.49. The minimum Gasteiger partial charge on any atom is -0.309 e. The summed E-state index contributed by atoms with van der Waals surface area (Å²) < 4.78 is 3.18. The van der Waals surface area contributed by atoms with Crippen LogP contribution < -0.4 is 11.2 Å². The van der Waals surface area contributed by atoms with E-state index in [1.165, 1.54) is 4.57 Å². The van der Waals surface area contributed by atoms with Gasteiger partial charge in [-0.15, -0.1) is 0 Å². The molecule has 0 aromatic carbocycles. The van der Waals surface area contributed by atoms with Crippen molar-refractivity contribution in [3.63, 3.8) is 0 Å². The molecule has 0 saturated heterocycles. The lowest BCUT2D eigenvalue weighted by Gasteiger charge is -2.06. The number of aromatic amines is 1. The summed E-state index contributed by atoms with van der Waals surface area (Å²) in [5, 5.41) is 0.255. The van der Waals surface area contributed by atoms with Gasteiger partial charge in [0.2, 0.25) is 5.28 Å². The van der Waals surface area contributed by atoms with Crippen molar-refractivity contribution in [1.29, 1.82) is 0 Å². The average Bonchev–Trinajstić information content (AvgIpc) is 2.76. The second kappa shape index (κ2) is 6.93. The van der Waals surface area contributed by atoms with Crippen LogP contribution in [0.4, 0.5) is 0 Å². The van der Waals surface area contributed by atoms with E-state index in [1.807, 2.05) is 6.92 Å². The van der Waals surface area contributed by atoms with Crippen LogP contribution >= 0.6 is 11.6 Å². The van der Waals surface area contributed by atoms with E-state index in [-0.39, 0.29) is 5.28 Å². The Bertz CT molecular complexity index is 729. The molecule has 0 amide bonds. The normalized spacial score (nSPS) is 11.4. The van der Waals surface area contributed by atoms with Gasteiger partial charge in [0.1, 0.15) is 0 Å². The third-order valence-electron chi connectivity index (χ3n) is 3.52. The third kappa shape index (κ3) is 3.20. The molecule has 2 aromatic rings. The van der Waals surface area contributed by atoms with Gasteiger partial charge in [-0.2, -0.15) is 4.98 Å². The van der Waals surface area contributed by atoms with Crippen LogP contribution in [0.1, 0.15) is 46.0 Å². The number of hydrogen-bond donors (Lipinski definition) is 1. The highest BCUT2D eigenvalue weighted by atomic mass is 35.5. The third-order valence-corrected chi connectivity index (χ3v) is 3.81. The Balaban J connectivity index is 2.48. The van der Waals surface area contributed by atoms with E-state index in [0.717, 1.165) is 32.1 Å². The minimum absolute atomic E-state index is 0.255. The molecule has 0 fully saturated rings. The lowest BCUT2D eigenvalue weighted by molar-refractivity contribution is 0.571. The van der Waals surface area contributed by atoms with Crippen LogP contribution in [0.15, 0.2) is 9.59 Å². The van der Waals surface area contributed by atoms with E-state index in [2.05, 4.69) is 16.9 Å². The Labute approximate surface area is 127 Å². The number of aryl methyl sites for hydroxylation is 2. The quantitative estimate of drug-likeness (QED) is 0.630. The van der Waals surface area contributed by atoms with E-state index in [9.17, 15) is 9.59 Å². The van der Waals surface area contributed by atoms with Crippen molar-refractivity contribution in [1.82, 2.24) is 19.1 Å². The first-order chi connectivity index (χ1) is 10.1. The van der Waals surface area contributed by atoms with Gasteiger partial charge in [-0.3, -0.25) is 14.3 Å². The fraction of sp³-hybridized carbons (Fsp3) is 0.643. The van der Waals surface area contributed by atoms with Crippen LogP contribution in [-0.4, -0.2) is 19.1 Å².